The summed E-state index contributed by atoms with van der Waals surface area (Å²) in [6.45, 7) is 7.82. The number of carbonyl (C=O) groups excluding carboxylic acids is 1. The van der Waals surface area contributed by atoms with Gasteiger partial charge in [0.1, 0.15) is 5.75 Å². The van der Waals surface area contributed by atoms with Crippen LogP contribution in [-0.2, 0) is 4.79 Å². The molecule has 0 saturated carbocycles. The van der Waals surface area contributed by atoms with Crippen LogP contribution in [-0.4, -0.2) is 43.6 Å². The number of hydrogen-bond acceptors (Lipinski definition) is 3. The second-order valence-corrected chi connectivity index (χ2v) is 3.90. The first-order valence-corrected chi connectivity index (χ1v) is 6.34. The van der Waals surface area contributed by atoms with Gasteiger partial charge in [0.2, 0.25) is 0 Å². The zero-order valence-corrected chi connectivity index (χ0v) is 11.1. The van der Waals surface area contributed by atoms with Crippen LogP contribution >= 0.6 is 0 Å². The molecule has 0 spiro atoms. The number of carbonyl (C=O) groups is 1. The third-order valence-corrected chi connectivity index (χ3v) is 2.70. The van der Waals surface area contributed by atoms with Crippen LogP contribution in [0.15, 0.2) is 24.3 Å². The summed E-state index contributed by atoms with van der Waals surface area (Å²) in [5.41, 5.74) is 0. The van der Waals surface area contributed by atoms with Gasteiger partial charge >= 0.3 is 0 Å². The lowest BCUT2D eigenvalue weighted by atomic mass is 10.3. The summed E-state index contributed by atoms with van der Waals surface area (Å²) in [6, 6.07) is 9.97. The summed E-state index contributed by atoms with van der Waals surface area (Å²) in [5, 5.41) is 2.84. The van der Waals surface area contributed by atoms with Crippen molar-refractivity contribution < 1.29 is 9.53 Å². The Labute approximate surface area is 109 Å². The van der Waals surface area contributed by atoms with Crippen LogP contribution in [0.25, 0.3) is 0 Å². The number of rotatable bonds is 8. The number of nitrogens with one attached hydrogen (secondary N) is 1. The molecule has 0 unspecified atom stereocenters. The molecule has 1 rings (SSSR count). The SMILES string of the molecule is CCN(CC)CCNC(=O)COc1cc[c]cc1. The second kappa shape index (κ2) is 8.53. The largest absolute Gasteiger partial charge is 0.484 e. The molecule has 0 aliphatic carbocycles. The zero-order valence-electron chi connectivity index (χ0n) is 11.1. The first-order valence-electron chi connectivity index (χ1n) is 6.34. The molecule has 99 valence electrons. The summed E-state index contributed by atoms with van der Waals surface area (Å²) in [4.78, 5) is 13.8. The Bertz CT molecular complexity index is 337. The highest BCUT2D eigenvalue weighted by Gasteiger charge is 2.03. The first-order chi connectivity index (χ1) is 8.76. The fraction of sp³-hybridized carbons (Fsp3) is 0.500. The third-order valence-electron chi connectivity index (χ3n) is 2.70. The van der Waals surface area contributed by atoms with E-state index in [0.29, 0.717) is 12.3 Å². The Morgan fingerprint density at radius 2 is 2.00 bits per heavy atom. The molecule has 1 radical (unpaired) electrons. The van der Waals surface area contributed by atoms with Crippen molar-refractivity contribution in [3.05, 3.63) is 30.3 Å². The summed E-state index contributed by atoms with van der Waals surface area (Å²) in [5.74, 6) is 0.600. The number of benzene rings is 1. The normalized spacial score (nSPS) is 10.4. The molecule has 0 aromatic heterocycles. The molecule has 4 nitrogen and oxygen atoms in total. The van der Waals surface area contributed by atoms with Crippen molar-refractivity contribution in [1.82, 2.24) is 10.2 Å². The summed E-state index contributed by atoms with van der Waals surface area (Å²) >= 11 is 0. The molecule has 0 aliphatic rings. The van der Waals surface area contributed by atoms with Crippen molar-refractivity contribution >= 4 is 5.91 Å². The molecule has 18 heavy (non-hydrogen) atoms. The van der Waals surface area contributed by atoms with Gasteiger partial charge in [-0.15, -0.1) is 0 Å². The summed E-state index contributed by atoms with van der Waals surface area (Å²) < 4.78 is 5.33. The average molecular weight is 249 g/mol. The van der Waals surface area contributed by atoms with Crippen LogP contribution in [0.3, 0.4) is 0 Å². The maximum absolute atomic E-state index is 11.5. The molecule has 0 fully saturated rings. The third kappa shape index (κ3) is 5.68. The molecule has 1 amide bonds. The Morgan fingerprint density at radius 1 is 1.33 bits per heavy atom. The Kier molecular flexibility index (Phi) is 6.87. The van der Waals surface area contributed by atoms with Crippen LogP contribution in [0.5, 0.6) is 5.75 Å². The van der Waals surface area contributed by atoms with Crippen molar-refractivity contribution in [2.24, 2.45) is 0 Å². The highest BCUT2D eigenvalue weighted by Crippen LogP contribution is 2.06. The molecule has 0 atom stereocenters. The van der Waals surface area contributed by atoms with E-state index in [1.165, 1.54) is 0 Å². The monoisotopic (exact) mass is 249 g/mol. The van der Waals surface area contributed by atoms with E-state index < -0.39 is 0 Å². The van der Waals surface area contributed by atoms with Gasteiger partial charge in [-0.3, -0.25) is 4.79 Å². The Balaban J connectivity index is 2.14. The number of likely N-dealkylation sites (N-methyl/N-ethyl adjacent to an activating group) is 1. The van der Waals surface area contributed by atoms with E-state index in [4.69, 9.17) is 4.74 Å². The average Bonchev–Trinajstić information content (AvgIpc) is 2.42. The van der Waals surface area contributed by atoms with E-state index in [2.05, 4.69) is 30.1 Å². The summed E-state index contributed by atoms with van der Waals surface area (Å²) in [7, 11) is 0. The minimum absolute atomic E-state index is 0.0578. The summed E-state index contributed by atoms with van der Waals surface area (Å²) in [6.07, 6.45) is 0. The molecule has 0 saturated heterocycles. The van der Waals surface area contributed by atoms with Crippen LogP contribution in [0.4, 0.5) is 0 Å². The van der Waals surface area contributed by atoms with Gasteiger partial charge in [-0.25, -0.2) is 0 Å². The van der Waals surface area contributed by atoms with Crippen molar-refractivity contribution in [3.8, 4) is 5.75 Å². The predicted octanol–water partition coefficient (Wildman–Crippen LogP) is 1.32. The van der Waals surface area contributed by atoms with Crippen molar-refractivity contribution in [3.63, 3.8) is 0 Å². The minimum atomic E-state index is -0.0880. The van der Waals surface area contributed by atoms with Crippen molar-refractivity contribution in [2.45, 2.75) is 13.8 Å². The lowest BCUT2D eigenvalue weighted by Crippen LogP contribution is -2.36. The van der Waals surface area contributed by atoms with E-state index in [9.17, 15) is 4.79 Å². The van der Waals surface area contributed by atoms with E-state index in [0.717, 1.165) is 19.6 Å². The predicted molar refractivity (Wildman–Crippen MR) is 71.6 cm³/mol. The van der Waals surface area contributed by atoms with E-state index in [1.807, 2.05) is 0 Å². The van der Waals surface area contributed by atoms with Gasteiger partial charge < -0.3 is 15.0 Å². The molecule has 1 aromatic carbocycles. The van der Waals surface area contributed by atoms with Crippen molar-refractivity contribution in [2.75, 3.05) is 32.8 Å². The quantitative estimate of drug-likeness (QED) is 0.755. The topological polar surface area (TPSA) is 41.6 Å². The van der Waals surface area contributed by atoms with Crippen LogP contribution in [0, 0.1) is 6.07 Å². The minimum Gasteiger partial charge on any atom is -0.484 e. The van der Waals surface area contributed by atoms with Gasteiger partial charge in [0.25, 0.3) is 5.91 Å². The number of nitrogens with zero attached hydrogens (tertiary/aromatic N) is 1. The molecule has 0 aliphatic heterocycles. The van der Waals surface area contributed by atoms with Gasteiger partial charge in [-0.1, -0.05) is 26.0 Å². The van der Waals surface area contributed by atoms with Gasteiger partial charge in [0, 0.05) is 13.1 Å². The van der Waals surface area contributed by atoms with Crippen LogP contribution < -0.4 is 10.1 Å². The van der Waals surface area contributed by atoms with Crippen LogP contribution in [0.1, 0.15) is 13.8 Å². The first kappa shape index (κ1) is 14.5. The van der Waals surface area contributed by atoms with Gasteiger partial charge in [-0.05, 0) is 31.3 Å². The highest BCUT2D eigenvalue weighted by molar-refractivity contribution is 5.77. The fourth-order valence-electron chi connectivity index (χ4n) is 1.56. The number of amides is 1. The lowest BCUT2D eigenvalue weighted by molar-refractivity contribution is -0.123. The lowest BCUT2D eigenvalue weighted by Gasteiger charge is -2.17. The molecule has 1 aromatic rings. The number of hydrogen-bond donors (Lipinski definition) is 1. The van der Waals surface area contributed by atoms with Gasteiger partial charge in [-0.2, -0.15) is 0 Å². The molecule has 0 heterocycles. The smallest absolute Gasteiger partial charge is 0.257 e. The molecule has 4 heteroatoms. The highest BCUT2D eigenvalue weighted by atomic mass is 16.5. The standard InChI is InChI=1S/C14H21N2O2/c1-3-16(4-2)11-10-15-14(17)12-18-13-8-6-5-7-9-13/h6-9H,3-4,10-12H2,1-2H3,(H,15,17). The van der Waals surface area contributed by atoms with Crippen molar-refractivity contribution in [1.29, 1.82) is 0 Å². The molecular formula is C14H21N2O2. The Morgan fingerprint density at radius 3 is 2.61 bits per heavy atom. The van der Waals surface area contributed by atoms with Crippen LogP contribution in [0.2, 0.25) is 0 Å². The van der Waals surface area contributed by atoms with Gasteiger partial charge in [0.05, 0.1) is 0 Å². The van der Waals surface area contributed by atoms with E-state index in [-0.39, 0.29) is 12.5 Å². The van der Waals surface area contributed by atoms with E-state index in [1.54, 1.807) is 24.3 Å². The molecule has 0 bridgehead atoms. The zero-order chi connectivity index (χ0) is 13.2. The second-order valence-electron chi connectivity index (χ2n) is 3.90. The maximum atomic E-state index is 11.5. The molecular weight excluding hydrogens is 228 g/mol. The van der Waals surface area contributed by atoms with E-state index >= 15 is 0 Å². The fourth-order valence-corrected chi connectivity index (χ4v) is 1.56. The van der Waals surface area contributed by atoms with Gasteiger partial charge in [0.15, 0.2) is 6.61 Å². The number of ether oxygens (including phenoxy) is 1. The maximum Gasteiger partial charge on any atom is 0.257 e. The molecule has 1 N–H and O–H groups in total. The Hall–Kier alpha value is -1.55.